The van der Waals surface area contributed by atoms with Crippen LogP contribution in [-0.4, -0.2) is 63.4 Å². The molecule has 2 aromatic heterocycles. The van der Waals surface area contributed by atoms with Crippen LogP contribution in [0.2, 0.25) is 0 Å². The van der Waals surface area contributed by atoms with Gasteiger partial charge < -0.3 is 9.64 Å². The van der Waals surface area contributed by atoms with Crippen molar-refractivity contribution in [2.75, 3.05) is 37.7 Å². The van der Waals surface area contributed by atoms with Crippen molar-refractivity contribution in [2.45, 2.75) is 33.1 Å². The lowest BCUT2D eigenvalue weighted by atomic mass is 10.1. The summed E-state index contributed by atoms with van der Waals surface area (Å²) in [5, 5.41) is 5.07. The molecule has 0 spiro atoms. The van der Waals surface area contributed by atoms with Gasteiger partial charge in [0.1, 0.15) is 5.69 Å². The van der Waals surface area contributed by atoms with Gasteiger partial charge in [-0.3, -0.25) is 14.4 Å². The van der Waals surface area contributed by atoms with Crippen molar-refractivity contribution in [1.29, 1.82) is 0 Å². The molecule has 4 heterocycles. The average Bonchev–Trinajstić information content (AvgIpc) is 3.24. The lowest BCUT2D eigenvalue weighted by Crippen LogP contribution is -2.41. The van der Waals surface area contributed by atoms with Crippen LogP contribution in [0.4, 0.5) is 18.9 Å². The lowest BCUT2D eigenvalue weighted by Gasteiger charge is -2.29. The first-order chi connectivity index (χ1) is 18.7. The van der Waals surface area contributed by atoms with Crippen molar-refractivity contribution in [3.05, 3.63) is 70.7 Å². The first kappa shape index (κ1) is 25.4. The van der Waals surface area contributed by atoms with E-state index in [-0.39, 0.29) is 5.91 Å². The van der Waals surface area contributed by atoms with Gasteiger partial charge in [0.2, 0.25) is 0 Å². The molecule has 1 fully saturated rings. The zero-order valence-corrected chi connectivity index (χ0v) is 21.6. The number of morpholine rings is 1. The van der Waals surface area contributed by atoms with Crippen molar-refractivity contribution >= 4 is 22.5 Å². The lowest BCUT2D eigenvalue weighted by molar-refractivity contribution is -0.137. The Morgan fingerprint density at radius 1 is 1.00 bits per heavy atom. The highest BCUT2D eigenvalue weighted by Crippen LogP contribution is 2.33. The largest absolute Gasteiger partial charge is 0.416 e. The van der Waals surface area contributed by atoms with Crippen molar-refractivity contribution in [2.24, 2.45) is 0 Å². The Bertz CT molecular complexity index is 1580. The van der Waals surface area contributed by atoms with Gasteiger partial charge in [-0.15, -0.1) is 0 Å². The van der Waals surface area contributed by atoms with Gasteiger partial charge >= 0.3 is 6.18 Å². The molecule has 4 aromatic rings. The topological polar surface area (TPSA) is 76.4 Å². The Morgan fingerprint density at radius 3 is 2.54 bits per heavy atom. The highest BCUT2D eigenvalue weighted by molar-refractivity contribution is 6.07. The van der Waals surface area contributed by atoms with Crippen molar-refractivity contribution in [3.63, 3.8) is 0 Å². The fourth-order valence-electron chi connectivity index (χ4n) is 5.26. The van der Waals surface area contributed by atoms with E-state index in [0.717, 1.165) is 53.3 Å². The number of halogens is 3. The molecule has 11 heteroatoms. The number of rotatable bonds is 4. The van der Waals surface area contributed by atoms with Crippen LogP contribution in [0.5, 0.6) is 0 Å². The van der Waals surface area contributed by atoms with E-state index in [1.165, 1.54) is 12.3 Å². The Kier molecular flexibility index (Phi) is 6.35. The van der Waals surface area contributed by atoms with Gasteiger partial charge in [-0.1, -0.05) is 0 Å². The fourth-order valence-corrected chi connectivity index (χ4v) is 5.26. The SMILES string of the molecule is Cc1cc(-c2ncc3cc(C(F)(F)F)ccc3n2)ccc1N1CCn2nc(CN3CCOCC3)c(C)c2C1=O. The van der Waals surface area contributed by atoms with Crippen LogP contribution in [0.3, 0.4) is 0 Å². The summed E-state index contributed by atoms with van der Waals surface area (Å²) in [5.74, 6) is 0.321. The van der Waals surface area contributed by atoms with Crippen LogP contribution in [0, 0.1) is 13.8 Å². The quantitative estimate of drug-likeness (QED) is 0.379. The van der Waals surface area contributed by atoms with E-state index in [2.05, 4.69) is 14.9 Å². The van der Waals surface area contributed by atoms with Gasteiger partial charge in [0, 0.05) is 54.6 Å². The second-order valence-electron chi connectivity index (χ2n) is 9.95. The Labute approximate surface area is 223 Å². The van der Waals surface area contributed by atoms with Gasteiger partial charge in [-0.25, -0.2) is 9.97 Å². The third-order valence-corrected chi connectivity index (χ3v) is 7.40. The first-order valence-electron chi connectivity index (χ1n) is 12.8. The minimum Gasteiger partial charge on any atom is -0.379 e. The molecule has 0 aliphatic carbocycles. The zero-order valence-electron chi connectivity index (χ0n) is 21.6. The molecule has 8 nitrogen and oxygen atoms in total. The molecule has 0 saturated carbocycles. The molecule has 0 radical (unpaired) electrons. The molecular formula is C28H27F3N6O2. The summed E-state index contributed by atoms with van der Waals surface area (Å²) in [6.45, 7) is 8.78. The number of alkyl halides is 3. The third-order valence-electron chi connectivity index (χ3n) is 7.40. The number of aromatic nitrogens is 4. The van der Waals surface area contributed by atoms with Crippen LogP contribution in [0.15, 0.2) is 42.6 Å². The third kappa shape index (κ3) is 4.76. The van der Waals surface area contributed by atoms with E-state index < -0.39 is 11.7 Å². The highest BCUT2D eigenvalue weighted by atomic mass is 19.4. The predicted molar refractivity (Wildman–Crippen MR) is 139 cm³/mol. The molecule has 1 saturated heterocycles. The average molecular weight is 537 g/mol. The molecule has 202 valence electrons. The number of ether oxygens (including phenoxy) is 1. The number of fused-ring (bicyclic) bond motifs is 2. The molecule has 2 aromatic carbocycles. The van der Waals surface area contributed by atoms with Crippen LogP contribution in [-0.2, 0) is 24.0 Å². The van der Waals surface area contributed by atoms with E-state index in [1.54, 1.807) is 4.90 Å². The summed E-state index contributed by atoms with van der Waals surface area (Å²) in [4.78, 5) is 26.5. The Morgan fingerprint density at radius 2 is 1.79 bits per heavy atom. The van der Waals surface area contributed by atoms with E-state index in [0.29, 0.717) is 55.3 Å². The molecular weight excluding hydrogens is 509 g/mol. The number of carbonyl (C=O) groups is 1. The molecule has 0 atom stereocenters. The van der Waals surface area contributed by atoms with E-state index in [4.69, 9.17) is 9.84 Å². The van der Waals surface area contributed by atoms with Gasteiger partial charge in [-0.2, -0.15) is 18.3 Å². The van der Waals surface area contributed by atoms with E-state index in [9.17, 15) is 18.0 Å². The molecule has 0 N–H and O–H groups in total. The number of benzene rings is 2. The highest BCUT2D eigenvalue weighted by Gasteiger charge is 2.32. The van der Waals surface area contributed by atoms with Crippen LogP contribution in [0.1, 0.15) is 32.9 Å². The minimum atomic E-state index is -4.42. The van der Waals surface area contributed by atoms with Crippen molar-refractivity contribution in [3.8, 4) is 11.4 Å². The van der Waals surface area contributed by atoms with Gasteiger partial charge in [0.15, 0.2) is 5.82 Å². The summed E-state index contributed by atoms with van der Waals surface area (Å²) in [7, 11) is 0. The number of carbonyl (C=O) groups excluding carboxylic acids is 1. The summed E-state index contributed by atoms with van der Waals surface area (Å²) in [5.41, 5.74) is 4.52. The van der Waals surface area contributed by atoms with E-state index in [1.807, 2.05) is 36.7 Å². The fraction of sp³-hybridized carbons (Fsp3) is 0.357. The van der Waals surface area contributed by atoms with Crippen LogP contribution >= 0.6 is 0 Å². The standard InChI is InChI=1S/C28H27F3N6O2/c1-17-13-19(26-32-15-20-14-21(28(29,30)31)4-5-22(20)33-26)3-6-24(17)36-7-8-37-25(27(36)38)18(2)23(34-37)16-35-9-11-39-12-10-35/h3-6,13-15H,7-12,16H2,1-2H3. The molecule has 2 aliphatic heterocycles. The second-order valence-corrected chi connectivity index (χ2v) is 9.95. The second kappa shape index (κ2) is 9.73. The minimum absolute atomic E-state index is 0.0854. The maximum atomic E-state index is 13.6. The van der Waals surface area contributed by atoms with Gasteiger partial charge in [0.25, 0.3) is 5.91 Å². The summed E-state index contributed by atoms with van der Waals surface area (Å²) < 4.78 is 46.4. The smallest absolute Gasteiger partial charge is 0.379 e. The van der Waals surface area contributed by atoms with Crippen LogP contribution < -0.4 is 4.90 Å². The molecule has 0 unspecified atom stereocenters. The maximum Gasteiger partial charge on any atom is 0.416 e. The molecule has 39 heavy (non-hydrogen) atoms. The van der Waals surface area contributed by atoms with Crippen LogP contribution in [0.25, 0.3) is 22.3 Å². The summed E-state index contributed by atoms with van der Waals surface area (Å²) in [6.07, 6.45) is -3.02. The van der Waals surface area contributed by atoms with Crippen molar-refractivity contribution in [1.82, 2.24) is 24.6 Å². The number of nitrogens with zero attached hydrogens (tertiary/aromatic N) is 6. The number of hydrogen-bond donors (Lipinski definition) is 0. The van der Waals surface area contributed by atoms with Gasteiger partial charge in [-0.05, 0) is 55.8 Å². The van der Waals surface area contributed by atoms with Crippen molar-refractivity contribution < 1.29 is 22.7 Å². The normalized spacial score (nSPS) is 16.6. The summed E-state index contributed by atoms with van der Waals surface area (Å²) >= 11 is 0. The molecule has 2 aliphatic rings. The number of aryl methyl sites for hydroxylation is 1. The zero-order chi connectivity index (χ0) is 27.3. The van der Waals surface area contributed by atoms with Gasteiger partial charge in [0.05, 0.1) is 36.5 Å². The Balaban J connectivity index is 1.25. The number of amides is 1. The molecule has 1 amide bonds. The predicted octanol–water partition coefficient (Wildman–Crippen LogP) is 4.62. The number of anilines is 1. The molecule has 6 rings (SSSR count). The Hall–Kier alpha value is -3.83. The monoisotopic (exact) mass is 536 g/mol. The molecule has 0 bridgehead atoms. The first-order valence-corrected chi connectivity index (χ1v) is 12.8. The summed E-state index contributed by atoms with van der Waals surface area (Å²) in [6, 6.07) is 9.04. The number of hydrogen-bond acceptors (Lipinski definition) is 6. The van der Waals surface area contributed by atoms with E-state index >= 15 is 0 Å². The maximum absolute atomic E-state index is 13.6.